The molecule has 0 bridgehead atoms. The van der Waals surface area contributed by atoms with E-state index < -0.39 is 0 Å². The van der Waals surface area contributed by atoms with Crippen molar-refractivity contribution < 1.29 is 4.39 Å². The fourth-order valence-electron chi connectivity index (χ4n) is 1.64. The minimum Gasteiger partial charge on any atom is -0.314 e. The second-order valence-corrected chi connectivity index (χ2v) is 4.12. The van der Waals surface area contributed by atoms with Gasteiger partial charge in [-0.3, -0.25) is 0 Å². The van der Waals surface area contributed by atoms with Gasteiger partial charge in [0.25, 0.3) is 0 Å². The molecule has 1 aromatic carbocycles. The predicted octanol–water partition coefficient (Wildman–Crippen LogP) is 3.31. The van der Waals surface area contributed by atoms with Gasteiger partial charge < -0.3 is 5.32 Å². The number of hydrogen-bond donors (Lipinski definition) is 1. The third-order valence-corrected chi connectivity index (χ3v) is 2.53. The number of benzene rings is 1. The zero-order chi connectivity index (χ0) is 11.8. The molecule has 0 saturated heterocycles. The Morgan fingerprint density at radius 3 is 2.69 bits per heavy atom. The molecule has 1 atom stereocenters. The number of rotatable bonds is 7. The van der Waals surface area contributed by atoms with E-state index in [9.17, 15) is 4.39 Å². The van der Waals surface area contributed by atoms with Crippen LogP contribution in [0.15, 0.2) is 36.9 Å². The SMILES string of the molecule is C=CCCCNC(C)Cc1ccc(F)cc1. The van der Waals surface area contributed by atoms with Crippen LogP contribution >= 0.6 is 0 Å². The molecule has 0 saturated carbocycles. The maximum absolute atomic E-state index is 12.7. The van der Waals surface area contributed by atoms with E-state index in [1.807, 2.05) is 18.2 Å². The Morgan fingerprint density at radius 2 is 2.06 bits per heavy atom. The molecule has 1 nitrogen and oxygen atoms in total. The molecule has 0 aliphatic carbocycles. The van der Waals surface area contributed by atoms with E-state index in [0.717, 1.165) is 25.8 Å². The molecule has 1 rings (SSSR count). The number of nitrogens with one attached hydrogen (secondary N) is 1. The summed E-state index contributed by atoms with van der Waals surface area (Å²) in [7, 11) is 0. The van der Waals surface area contributed by atoms with Crippen LogP contribution in [0.2, 0.25) is 0 Å². The third kappa shape index (κ3) is 5.08. The maximum Gasteiger partial charge on any atom is 0.123 e. The van der Waals surface area contributed by atoms with Crippen molar-refractivity contribution in [3.63, 3.8) is 0 Å². The van der Waals surface area contributed by atoms with Crippen molar-refractivity contribution in [1.82, 2.24) is 5.32 Å². The van der Waals surface area contributed by atoms with Crippen LogP contribution in [0.4, 0.5) is 4.39 Å². The van der Waals surface area contributed by atoms with E-state index in [4.69, 9.17) is 0 Å². The second kappa shape index (κ2) is 7.18. The quantitative estimate of drug-likeness (QED) is 0.550. The Bertz CT molecular complexity index is 305. The van der Waals surface area contributed by atoms with Crippen LogP contribution in [0.5, 0.6) is 0 Å². The van der Waals surface area contributed by atoms with Gasteiger partial charge in [-0.1, -0.05) is 18.2 Å². The molecule has 1 N–H and O–H groups in total. The topological polar surface area (TPSA) is 12.0 Å². The molecule has 0 aliphatic heterocycles. The second-order valence-electron chi connectivity index (χ2n) is 4.12. The number of unbranched alkanes of at least 4 members (excludes halogenated alkanes) is 1. The molecule has 0 aliphatic rings. The molecule has 0 heterocycles. The third-order valence-electron chi connectivity index (χ3n) is 2.53. The number of hydrogen-bond acceptors (Lipinski definition) is 1. The first-order valence-electron chi connectivity index (χ1n) is 5.81. The summed E-state index contributed by atoms with van der Waals surface area (Å²) >= 11 is 0. The molecular weight excluding hydrogens is 201 g/mol. The van der Waals surface area contributed by atoms with Crippen LogP contribution in [0.25, 0.3) is 0 Å². The number of halogens is 1. The first-order valence-corrected chi connectivity index (χ1v) is 5.81. The summed E-state index contributed by atoms with van der Waals surface area (Å²) in [6.45, 7) is 6.85. The molecule has 0 fully saturated rings. The van der Waals surface area contributed by atoms with Crippen LogP contribution in [0.3, 0.4) is 0 Å². The van der Waals surface area contributed by atoms with E-state index in [2.05, 4.69) is 18.8 Å². The lowest BCUT2D eigenvalue weighted by Gasteiger charge is -2.13. The maximum atomic E-state index is 12.7. The molecule has 2 heteroatoms. The highest BCUT2D eigenvalue weighted by atomic mass is 19.1. The van der Waals surface area contributed by atoms with Gasteiger partial charge in [0, 0.05) is 6.04 Å². The monoisotopic (exact) mass is 221 g/mol. The highest BCUT2D eigenvalue weighted by Crippen LogP contribution is 2.05. The lowest BCUT2D eigenvalue weighted by molar-refractivity contribution is 0.535. The van der Waals surface area contributed by atoms with Gasteiger partial charge in [-0.05, 0) is 50.4 Å². The first kappa shape index (κ1) is 12.9. The van der Waals surface area contributed by atoms with Crippen molar-refractivity contribution in [2.45, 2.75) is 32.2 Å². The van der Waals surface area contributed by atoms with Crippen LogP contribution in [-0.2, 0) is 6.42 Å². The molecule has 88 valence electrons. The molecule has 0 amide bonds. The highest BCUT2D eigenvalue weighted by molar-refractivity contribution is 5.16. The predicted molar refractivity (Wildman–Crippen MR) is 67.0 cm³/mol. The summed E-state index contributed by atoms with van der Waals surface area (Å²) < 4.78 is 12.7. The van der Waals surface area contributed by atoms with Crippen LogP contribution in [0, 0.1) is 5.82 Å². The molecular formula is C14H20FN. The Kier molecular flexibility index (Phi) is 5.79. The van der Waals surface area contributed by atoms with E-state index in [0.29, 0.717) is 6.04 Å². The van der Waals surface area contributed by atoms with Gasteiger partial charge in [-0.25, -0.2) is 4.39 Å². The molecule has 0 radical (unpaired) electrons. The summed E-state index contributed by atoms with van der Waals surface area (Å²) in [6, 6.07) is 7.14. The van der Waals surface area contributed by atoms with Gasteiger partial charge in [0.2, 0.25) is 0 Å². The van der Waals surface area contributed by atoms with Crippen molar-refractivity contribution in [2.75, 3.05) is 6.54 Å². The van der Waals surface area contributed by atoms with Gasteiger partial charge in [0.15, 0.2) is 0 Å². The average molecular weight is 221 g/mol. The smallest absolute Gasteiger partial charge is 0.123 e. The lowest BCUT2D eigenvalue weighted by atomic mass is 10.1. The van der Waals surface area contributed by atoms with Gasteiger partial charge in [0.05, 0.1) is 0 Å². The summed E-state index contributed by atoms with van der Waals surface area (Å²) in [4.78, 5) is 0. The Labute approximate surface area is 97.4 Å². The van der Waals surface area contributed by atoms with Crippen molar-refractivity contribution >= 4 is 0 Å². The van der Waals surface area contributed by atoms with Crippen molar-refractivity contribution in [3.05, 3.63) is 48.3 Å². The van der Waals surface area contributed by atoms with Crippen LogP contribution in [0.1, 0.15) is 25.3 Å². The summed E-state index contributed by atoms with van der Waals surface area (Å²) in [5.74, 6) is -0.171. The van der Waals surface area contributed by atoms with Crippen LogP contribution in [-0.4, -0.2) is 12.6 Å². The van der Waals surface area contributed by atoms with Gasteiger partial charge in [-0.15, -0.1) is 6.58 Å². The van der Waals surface area contributed by atoms with Gasteiger partial charge in [0.1, 0.15) is 5.82 Å². The first-order chi connectivity index (χ1) is 7.72. The zero-order valence-corrected chi connectivity index (χ0v) is 9.88. The Morgan fingerprint density at radius 1 is 1.38 bits per heavy atom. The van der Waals surface area contributed by atoms with Gasteiger partial charge in [-0.2, -0.15) is 0 Å². The lowest BCUT2D eigenvalue weighted by Crippen LogP contribution is -2.28. The van der Waals surface area contributed by atoms with Crippen LogP contribution < -0.4 is 5.32 Å². The average Bonchev–Trinajstić information content (AvgIpc) is 2.28. The fraction of sp³-hybridized carbons (Fsp3) is 0.429. The summed E-state index contributed by atoms with van der Waals surface area (Å²) in [5, 5.41) is 3.44. The summed E-state index contributed by atoms with van der Waals surface area (Å²) in [5.41, 5.74) is 1.17. The zero-order valence-electron chi connectivity index (χ0n) is 9.88. The van der Waals surface area contributed by atoms with E-state index in [-0.39, 0.29) is 5.82 Å². The largest absolute Gasteiger partial charge is 0.314 e. The normalized spacial score (nSPS) is 12.4. The Balaban J connectivity index is 2.25. The van der Waals surface area contributed by atoms with Gasteiger partial charge >= 0.3 is 0 Å². The van der Waals surface area contributed by atoms with Crippen molar-refractivity contribution in [2.24, 2.45) is 0 Å². The minimum atomic E-state index is -0.171. The molecule has 1 aromatic rings. The van der Waals surface area contributed by atoms with Crippen molar-refractivity contribution in [1.29, 1.82) is 0 Å². The Hall–Kier alpha value is -1.15. The van der Waals surface area contributed by atoms with E-state index >= 15 is 0 Å². The summed E-state index contributed by atoms with van der Waals surface area (Å²) in [6.07, 6.45) is 5.05. The minimum absolute atomic E-state index is 0.171. The molecule has 1 unspecified atom stereocenters. The standard InChI is InChI=1S/C14H20FN/c1-3-4-5-10-16-12(2)11-13-6-8-14(15)9-7-13/h3,6-9,12,16H,1,4-5,10-11H2,2H3. The van der Waals surface area contributed by atoms with E-state index in [1.165, 1.54) is 17.7 Å². The molecule has 0 spiro atoms. The fourth-order valence-corrected chi connectivity index (χ4v) is 1.64. The van der Waals surface area contributed by atoms with Crippen molar-refractivity contribution in [3.8, 4) is 0 Å². The van der Waals surface area contributed by atoms with E-state index in [1.54, 1.807) is 0 Å². The molecule has 16 heavy (non-hydrogen) atoms. The number of allylic oxidation sites excluding steroid dienone is 1. The highest BCUT2D eigenvalue weighted by Gasteiger charge is 2.02. The molecule has 0 aromatic heterocycles.